The van der Waals surface area contributed by atoms with E-state index in [1.807, 2.05) is 52.8 Å². The molecule has 9 heteroatoms. The first-order chi connectivity index (χ1) is 18.2. The van der Waals surface area contributed by atoms with Gasteiger partial charge in [0.2, 0.25) is 0 Å². The largest absolute Gasteiger partial charge is 0.457 e. The minimum absolute atomic E-state index is 0.00815. The zero-order valence-electron chi connectivity index (χ0n) is 24.6. The molecule has 1 aliphatic rings. The lowest BCUT2D eigenvalue weighted by Crippen LogP contribution is -2.42. The maximum Gasteiger partial charge on any atom is 0.309 e. The standard InChI is InChI=1S/C30H49NO8/c1-8-26(31-37)22(5)17-25(34)16-19(2)10-9-11-20(3)29-21(4)12-13-27(38-23(6)32)30(7,36)15-14-24(33)18-28(35)39-29/h9-13,19,21-22,24-27,29,33-34,36H,8,14-18H2,1-7H3/b10-9+,13-12+,20-11+. The highest BCUT2D eigenvalue weighted by atomic mass is 16.6. The van der Waals surface area contributed by atoms with E-state index in [0.29, 0.717) is 19.3 Å². The molecule has 0 aromatic heterocycles. The highest BCUT2D eigenvalue weighted by molar-refractivity contribution is 5.70. The number of rotatable bonds is 11. The third-order valence-electron chi connectivity index (χ3n) is 7.36. The van der Waals surface area contributed by atoms with E-state index in [1.165, 1.54) is 6.92 Å². The number of hydrogen-bond donors (Lipinski definition) is 3. The summed E-state index contributed by atoms with van der Waals surface area (Å²) in [4.78, 5) is 35.2. The monoisotopic (exact) mass is 551 g/mol. The van der Waals surface area contributed by atoms with Gasteiger partial charge >= 0.3 is 11.9 Å². The Labute approximate surface area is 233 Å². The fourth-order valence-corrected chi connectivity index (χ4v) is 4.89. The van der Waals surface area contributed by atoms with E-state index in [9.17, 15) is 29.8 Å². The van der Waals surface area contributed by atoms with E-state index in [1.54, 1.807) is 19.1 Å². The number of carbonyl (C=O) groups is 2. The molecule has 9 atom stereocenters. The molecule has 1 aliphatic heterocycles. The number of aliphatic hydroxyl groups excluding tert-OH is 2. The molecule has 0 saturated heterocycles. The molecular weight excluding hydrogens is 502 g/mol. The van der Waals surface area contributed by atoms with Crippen molar-refractivity contribution in [1.82, 2.24) is 0 Å². The van der Waals surface area contributed by atoms with E-state index >= 15 is 0 Å². The highest BCUT2D eigenvalue weighted by Crippen LogP contribution is 2.27. The molecule has 0 aliphatic carbocycles. The minimum Gasteiger partial charge on any atom is -0.457 e. The van der Waals surface area contributed by atoms with Gasteiger partial charge in [0, 0.05) is 12.8 Å². The number of ether oxygens (including phenoxy) is 2. The molecule has 0 saturated carbocycles. The van der Waals surface area contributed by atoms with Crippen molar-refractivity contribution in [3.05, 3.63) is 40.9 Å². The quantitative estimate of drug-likeness (QED) is 0.144. The molecule has 222 valence electrons. The zero-order chi connectivity index (χ0) is 29.8. The van der Waals surface area contributed by atoms with Crippen LogP contribution in [0.2, 0.25) is 0 Å². The number of esters is 2. The van der Waals surface area contributed by atoms with Gasteiger partial charge in [-0.2, -0.15) is 4.91 Å². The number of aliphatic hydroxyl groups is 3. The normalized spacial score (nSPS) is 31.2. The molecule has 1 rings (SSSR count). The Hall–Kier alpha value is -2.36. The summed E-state index contributed by atoms with van der Waals surface area (Å²) in [6.45, 7) is 12.3. The molecule has 0 bridgehead atoms. The van der Waals surface area contributed by atoms with Crippen molar-refractivity contribution >= 4 is 11.9 Å². The Kier molecular flexibility index (Phi) is 14.8. The first kappa shape index (κ1) is 34.7. The lowest BCUT2D eigenvalue weighted by Gasteiger charge is -2.32. The first-order valence-corrected chi connectivity index (χ1v) is 14.0. The van der Waals surface area contributed by atoms with Crippen molar-refractivity contribution < 1.29 is 34.4 Å². The number of carbonyl (C=O) groups excluding carboxylic acids is 2. The number of nitrogens with zero attached hydrogens (tertiary/aromatic N) is 1. The average molecular weight is 552 g/mol. The Morgan fingerprint density at radius 2 is 1.95 bits per heavy atom. The third-order valence-corrected chi connectivity index (χ3v) is 7.36. The van der Waals surface area contributed by atoms with Gasteiger partial charge in [-0.3, -0.25) is 9.59 Å². The van der Waals surface area contributed by atoms with Crippen LogP contribution in [0.5, 0.6) is 0 Å². The van der Waals surface area contributed by atoms with E-state index in [-0.39, 0.29) is 43.1 Å². The SMILES string of the molecule is CCC(N=O)C(C)CC(O)CC(C)/C=C/C=C(\C)C1OC(=O)CC(O)CCC(C)(O)C(OC(C)=O)/C=C/C1C. The minimum atomic E-state index is -1.42. The van der Waals surface area contributed by atoms with Crippen LogP contribution >= 0.6 is 0 Å². The number of allylic oxidation sites excluding steroid dienone is 3. The van der Waals surface area contributed by atoms with E-state index in [4.69, 9.17) is 9.47 Å². The molecule has 39 heavy (non-hydrogen) atoms. The van der Waals surface area contributed by atoms with Crippen molar-refractivity contribution in [2.45, 2.75) is 123 Å². The second kappa shape index (κ2) is 16.7. The van der Waals surface area contributed by atoms with E-state index in [0.717, 1.165) is 5.57 Å². The predicted octanol–water partition coefficient (Wildman–Crippen LogP) is 4.78. The molecule has 0 aromatic carbocycles. The summed E-state index contributed by atoms with van der Waals surface area (Å²) in [6.07, 6.45) is 7.67. The first-order valence-electron chi connectivity index (χ1n) is 14.0. The maximum atomic E-state index is 12.6. The Morgan fingerprint density at radius 1 is 1.28 bits per heavy atom. The van der Waals surface area contributed by atoms with Crippen molar-refractivity contribution in [3.8, 4) is 0 Å². The lowest BCUT2D eigenvalue weighted by molar-refractivity contribution is -0.157. The molecule has 1 heterocycles. The summed E-state index contributed by atoms with van der Waals surface area (Å²) in [7, 11) is 0. The van der Waals surface area contributed by atoms with Gasteiger partial charge in [0.1, 0.15) is 17.8 Å². The molecule has 9 unspecified atom stereocenters. The van der Waals surface area contributed by atoms with Crippen LogP contribution in [0.4, 0.5) is 0 Å². The van der Waals surface area contributed by atoms with Crippen LogP contribution in [0, 0.1) is 22.7 Å². The molecule has 0 fully saturated rings. The number of cyclic esters (lactones) is 1. The van der Waals surface area contributed by atoms with Crippen LogP contribution in [-0.2, 0) is 19.1 Å². The van der Waals surface area contributed by atoms with Gasteiger partial charge in [0.15, 0.2) is 0 Å². The smallest absolute Gasteiger partial charge is 0.309 e. The Balaban J connectivity index is 3.03. The fourth-order valence-electron chi connectivity index (χ4n) is 4.89. The van der Waals surface area contributed by atoms with E-state index < -0.39 is 42.0 Å². The zero-order valence-corrected chi connectivity index (χ0v) is 24.6. The molecule has 0 aromatic rings. The number of nitroso groups, excluding NO2 is 1. The summed E-state index contributed by atoms with van der Waals surface area (Å²) >= 11 is 0. The highest BCUT2D eigenvalue weighted by Gasteiger charge is 2.35. The van der Waals surface area contributed by atoms with Gasteiger partial charge in [-0.1, -0.05) is 57.2 Å². The molecule has 0 amide bonds. The summed E-state index contributed by atoms with van der Waals surface area (Å²) in [5.74, 6) is -1.31. The molecule has 0 radical (unpaired) electrons. The predicted molar refractivity (Wildman–Crippen MR) is 151 cm³/mol. The second-order valence-corrected chi connectivity index (χ2v) is 11.4. The summed E-state index contributed by atoms with van der Waals surface area (Å²) < 4.78 is 11.1. The average Bonchev–Trinajstić information content (AvgIpc) is 2.83. The molecule has 0 spiro atoms. The second-order valence-electron chi connectivity index (χ2n) is 11.4. The molecule has 9 nitrogen and oxygen atoms in total. The van der Waals surface area contributed by atoms with Crippen molar-refractivity contribution in [3.63, 3.8) is 0 Å². The summed E-state index contributed by atoms with van der Waals surface area (Å²) in [5.41, 5.74) is -0.655. The molecule has 3 N–H and O–H groups in total. The number of hydrogen-bond acceptors (Lipinski definition) is 9. The van der Waals surface area contributed by atoms with Crippen LogP contribution in [0.3, 0.4) is 0 Å². The topological polar surface area (TPSA) is 143 Å². The van der Waals surface area contributed by atoms with Gasteiger partial charge in [0.25, 0.3) is 0 Å². The van der Waals surface area contributed by atoms with Crippen LogP contribution in [-0.4, -0.2) is 63.3 Å². The van der Waals surface area contributed by atoms with Gasteiger partial charge in [-0.05, 0) is 69.4 Å². The van der Waals surface area contributed by atoms with Crippen LogP contribution in [0.15, 0.2) is 41.1 Å². The molecular formula is C30H49NO8. The van der Waals surface area contributed by atoms with Crippen LogP contribution in [0.1, 0.15) is 87.0 Å². The van der Waals surface area contributed by atoms with Crippen LogP contribution in [0.25, 0.3) is 0 Å². The third kappa shape index (κ3) is 12.6. The van der Waals surface area contributed by atoms with Gasteiger partial charge in [-0.25, -0.2) is 0 Å². The van der Waals surface area contributed by atoms with Gasteiger partial charge in [-0.15, -0.1) is 0 Å². The summed E-state index contributed by atoms with van der Waals surface area (Å²) in [6, 6.07) is -0.294. The fraction of sp³-hybridized carbons (Fsp3) is 0.733. The van der Waals surface area contributed by atoms with Gasteiger partial charge in [0.05, 0.1) is 24.7 Å². The Bertz CT molecular complexity index is 880. The maximum absolute atomic E-state index is 12.6. The van der Waals surface area contributed by atoms with Crippen molar-refractivity contribution in [2.75, 3.05) is 0 Å². The Morgan fingerprint density at radius 3 is 2.54 bits per heavy atom. The lowest BCUT2D eigenvalue weighted by atomic mass is 9.88. The van der Waals surface area contributed by atoms with Crippen molar-refractivity contribution in [1.29, 1.82) is 0 Å². The van der Waals surface area contributed by atoms with E-state index in [2.05, 4.69) is 5.18 Å². The summed E-state index contributed by atoms with van der Waals surface area (Å²) in [5, 5.41) is 34.9. The van der Waals surface area contributed by atoms with Crippen LogP contribution < -0.4 is 0 Å². The van der Waals surface area contributed by atoms with Gasteiger partial charge < -0.3 is 24.8 Å². The van der Waals surface area contributed by atoms with Crippen molar-refractivity contribution in [2.24, 2.45) is 22.9 Å².